The largest absolute Gasteiger partial charge is 0.458 e. The Labute approximate surface area is 350 Å². The predicted molar refractivity (Wildman–Crippen MR) is 252 cm³/mol. The van der Waals surface area contributed by atoms with Crippen molar-refractivity contribution in [3.05, 3.63) is 182 Å². The van der Waals surface area contributed by atoms with Crippen LogP contribution in [0.4, 0.5) is 0 Å². The third kappa shape index (κ3) is 3.95. The van der Waals surface area contributed by atoms with Gasteiger partial charge in [-0.1, -0.05) is 145 Å². The van der Waals surface area contributed by atoms with Gasteiger partial charge in [0.15, 0.2) is 0 Å². The second-order valence-corrected chi connectivity index (χ2v) is 17.8. The van der Waals surface area contributed by atoms with Gasteiger partial charge < -0.3 is 13.9 Å². The summed E-state index contributed by atoms with van der Waals surface area (Å²) in [5, 5.41) is 5.14. The molecule has 60 heavy (non-hydrogen) atoms. The Hall–Kier alpha value is -7.14. The Morgan fingerprint density at radius 1 is 0.367 bits per heavy atom. The minimum Gasteiger partial charge on any atom is -0.458 e. The van der Waals surface area contributed by atoms with Crippen molar-refractivity contribution >= 4 is 102 Å². The fourth-order valence-corrected chi connectivity index (χ4v) is 12.5. The summed E-state index contributed by atoms with van der Waals surface area (Å²) in [5.74, 6) is 1.88. The lowest BCUT2D eigenvalue weighted by atomic mass is 9.34. The van der Waals surface area contributed by atoms with E-state index in [1.807, 2.05) is 11.8 Å². The van der Waals surface area contributed by atoms with Gasteiger partial charge in [0.05, 0.1) is 22.1 Å². The lowest BCUT2D eigenvalue weighted by molar-refractivity contribution is 0.488. The first-order valence-electron chi connectivity index (χ1n) is 20.8. The van der Waals surface area contributed by atoms with Gasteiger partial charge >= 0.3 is 0 Å². The average molecular weight is 777 g/mol. The third-order valence-electron chi connectivity index (χ3n) is 13.8. The van der Waals surface area contributed by atoms with Gasteiger partial charge in [0.2, 0.25) is 6.71 Å². The highest BCUT2D eigenvalue weighted by Gasteiger charge is 2.42. The SMILES string of the molecule is c1ccc(-c2ccc3c(c2)B2c4ccccc4-n4c5cc6c(cc5c5ccc(c2c54)O3)c2ccc3c4c2n6-c2ccccc2B4c2cc(-c4ccccc4)ccc2S3)cc1. The molecular formula is C54H30B2N2OS. The molecule has 6 heterocycles. The van der Waals surface area contributed by atoms with Crippen LogP contribution in [0.15, 0.2) is 192 Å². The topological polar surface area (TPSA) is 19.1 Å². The van der Waals surface area contributed by atoms with Gasteiger partial charge in [-0.15, -0.1) is 0 Å². The van der Waals surface area contributed by atoms with Crippen LogP contribution in [-0.2, 0) is 0 Å². The summed E-state index contributed by atoms with van der Waals surface area (Å²) >= 11 is 1.92. The Balaban J connectivity index is 1.01. The normalized spacial score (nSPS) is 13.7. The van der Waals surface area contributed by atoms with E-state index in [4.69, 9.17) is 4.74 Å². The van der Waals surface area contributed by atoms with Gasteiger partial charge in [0, 0.05) is 42.7 Å². The van der Waals surface area contributed by atoms with Crippen LogP contribution in [0, 0.1) is 0 Å². The molecule has 0 N–H and O–H groups in total. The maximum absolute atomic E-state index is 6.84. The molecule has 0 bridgehead atoms. The van der Waals surface area contributed by atoms with E-state index in [-0.39, 0.29) is 13.4 Å². The molecule has 15 rings (SSSR count). The van der Waals surface area contributed by atoms with E-state index in [2.05, 4.69) is 191 Å². The first-order valence-corrected chi connectivity index (χ1v) is 21.6. The van der Waals surface area contributed by atoms with Gasteiger partial charge in [-0.25, -0.2) is 0 Å². The zero-order valence-corrected chi connectivity index (χ0v) is 33.0. The molecule has 4 aliphatic rings. The number of nitrogens with zero attached hydrogens (tertiary/aromatic N) is 2. The Kier molecular flexibility index (Phi) is 6.00. The van der Waals surface area contributed by atoms with Crippen LogP contribution in [0.5, 0.6) is 11.5 Å². The summed E-state index contributed by atoms with van der Waals surface area (Å²) in [5.41, 5.74) is 20.4. The van der Waals surface area contributed by atoms with E-state index in [0.29, 0.717) is 0 Å². The highest BCUT2D eigenvalue weighted by Crippen LogP contribution is 2.45. The molecule has 6 heteroatoms. The molecule has 0 saturated carbocycles. The lowest BCUT2D eigenvalue weighted by Gasteiger charge is -2.33. The summed E-state index contributed by atoms with van der Waals surface area (Å²) < 4.78 is 12.0. The molecule has 3 nitrogen and oxygen atoms in total. The molecule has 0 spiro atoms. The van der Waals surface area contributed by atoms with Gasteiger partial charge in [-0.3, -0.25) is 0 Å². The van der Waals surface area contributed by atoms with E-state index in [1.54, 1.807) is 0 Å². The third-order valence-corrected chi connectivity index (χ3v) is 15.0. The number of aromatic nitrogens is 2. The number of para-hydroxylation sites is 2. The van der Waals surface area contributed by atoms with Crippen molar-refractivity contribution in [2.75, 3.05) is 0 Å². The molecule has 274 valence electrons. The minimum absolute atomic E-state index is 0.0527. The van der Waals surface area contributed by atoms with Crippen molar-refractivity contribution in [2.45, 2.75) is 9.79 Å². The Bertz CT molecular complexity index is 3500. The van der Waals surface area contributed by atoms with E-state index < -0.39 is 0 Å². The van der Waals surface area contributed by atoms with Crippen LogP contribution in [0.2, 0.25) is 0 Å². The monoisotopic (exact) mass is 776 g/mol. The van der Waals surface area contributed by atoms with E-state index >= 15 is 0 Å². The van der Waals surface area contributed by atoms with Crippen LogP contribution < -0.4 is 37.5 Å². The van der Waals surface area contributed by atoms with Gasteiger partial charge in [-0.05, 0) is 104 Å². The van der Waals surface area contributed by atoms with Crippen LogP contribution in [-0.4, -0.2) is 22.6 Å². The lowest BCUT2D eigenvalue weighted by Crippen LogP contribution is -2.58. The van der Waals surface area contributed by atoms with Crippen molar-refractivity contribution in [3.8, 4) is 45.1 Å². The molecule has 0 fully saturated rings. The van der Waals surface area contributed by atoms with Crippen LogP contribution in [0.3, 0.4) is 0 Å². The fourth-order valence-electron chi connectivity index (χ4n) is 11.4. The molecule has 0 amide bonds. The highest BCUT2D eigenvalue weighted by molar-refractivity contribution is 8.00. The summed E-state index contributed by atoms with van der Waals surface area (Å²) in [7, 11) is 0. The van der Waals surface area contributed by atoms with E-state index in [0.717, 1.165) is 11.5 Å². The summed E-state index contributed by atoms with van der Waals surface area (Å²) in [4.78, 5) is 2.69. The number of rotatable bonds is 2. The van der Waals surface area contributed by atoms with E-state index in [9.17, 15) is 0 Å². The molecule has 0 unspecified atom stereocenters. The van der Waals surface area contributed by atoms with Gasteiger partial charge in [0.1, 0.15) is 11.5 Å². The van der Waals surface area contributed by atoms with Gasteiger partial charge in [-0.2, -0.15) is 0 Å². The molecular weight excluding hydrogens is 746 g/mol. The zero-order valence-electron chi connectivity index (χ0n) is 32.2. The first-order chi connectivity index (χ1) is 29.8. The van der Waals surface area contributed by atoms with Crippen molar-refractivity contribution in [1.82, 2.24) is 9.13 Å². The van der Waals surface area contributed by atoms with Crippen molar-refractivity contribution in [3.63, 3.8) is 0 Å². The smallest absolute Gasteiger partial charge is 0.256 e. The Morgan fingerprint density at radius 3 is 1.58 bits per heavy atom. The average Bonchev–Trinajstić information content (AvgIpc) is 3.82. The summed E-state index contributed by atoms with van der Waals surface area (Å²) in [6.45, 7) is 0.198. The molecule has 11 aromatic rings. The van der Waals surface area contributed by atoms with Gasteiger partial charge in [0.25, 0.3) is 6.71 Å². The predicted octanol–water partition coefficient (Wildman–Crippen LogP) is 9.44. The van der Waals surface area contributed by atoms with Crippen molar-refractivity contribution in [2.24, 2.45) is 0 Å². The molecule has 0 saturated heterocycles. The highest BCUT2D eigenvalue weighted by atomic mass is 32.2. The van der Waals surface area contributed by atoms with Crippen LogP contribution in [0.1, 0.15) is 0 Å². The molecule has 2 aromatic heterocycles. The molecule has 4 aliphatic heterocycles. The molecule has 9 aromatic carbocycles. The Morgan fingerprint density at radius 2 is 0.900 bits per heavy atom. The maximum atomic E-state index is 6.84. The summed E-state index contributed by atoms with van der Waals surface area (Å²) in [6, 6.07) is 67.8. The number of hydrogen-bond donors (Lipinski definition) is 0. The number of hydrogen-bond acceptors (Lipinski definition) is 2. The summed E-state index contributed by atoms with van der Waals surface area (Å²) in [6.07, 6.45) is 0. The fraction of sp³-hybridized carbons (Fsp3) is 0. The molecule has 0 radical (unpaired) electrons. The standard InChI is InChI=1S/C54H30B2N2OS/c1-3-11-31(12-4-1)33-19-23-47-41(27-33)55-39-15-7-9-17-43(39)57-45-30-46-38(29-37(45)35-21-24-48(59-47)51(55)53(35)57)36-22-26-50-52-54(36)58(46)44-18-10-8-16-40(44)56(52)42-28-34(20-25-49(42)60-50)32-13-5-2-6-14-32/h1-30H. The van der Waals surface area contributed by atoms with Crippen LogP contribution in [0.25, 0.3) is 77.2 Å². The molecule has 0 atom stereocenters. The van der Waals surface area contributed by atoms with Crippen molar-refractivity contribution < 1.29 is 4.74 Å². The first kappa shape index (κ1) is 31.8. The van der Waals surface area contributed by atoms with Crippen molar-refractivity contribution in [1.29, 1.82) is 0 Å². The zero-order chi connectivity index (χ0) is 38.8. The number of fused-ring (bicyclic) bond motifs is 16. The van der Waals surface area contributed by atoms with Crippen LogP contribution >= 0.6 is 11.8 Å². The van der Waals surface area contributed by atoms with E-state index in [1.165, 1.54) is 120 Å². The second-order valence-electron chi connectivity index (χ2n) is 16.7. The molecule has 0 aliphatic carbocycles. The number of benzene rings is 9. The number of ether oxygens (including phenoxy) is 1. The minimum atomic E-state index is 0.0527. The maximum Gasteiger partial charge on any atom is 0.256 e. The second kappa shape index (κ2) is 11.3. The quantitative estimate of drug-likeness (QED) is 0.163.